The Kier molecular flexibility index (Phi) is 3.23. The van der Waals surface area contributed by atoms with Crippen LogP contribution in [0.15, 0.2) is 24.3 Å². The molecular formula is C15H20O2. The second-order valence-electron chi connectivity index (χ2n) is 5.09. The van der Waals surface area contributed by atoms with Crippen molar-refractivity contribution in [1.29, 1.82) is 0 Å². The number of carbonyl (C=O) groups is 1. The number of hydrogen-bond acceptors (Lipinski definition) is 2. The fraction of sp³-hybridized carbons (Fsp3) is 0.533. The summed E-state index contributed by atoms with van der Waals surface area (Å²) in [5, 5.41) is 0. The van der Waals surface area contributed by atoms with Gasteiger partial charge in [0.1, 0.15) is 11.9 Å². The molecule has 1 heterocycles. The normalized spacial score (nSPS) is 19.7. The Balaban J connectivity index is 2.31. The van der Waals surface area contributed by atoms with Crippen molar-refractivity contribution in [3.8, 4) is 5.75 Å². The van der Waals surface area contributed by atoms with Crippen LogP contribution < -0.4 is 4.74 Å². The van der Waals surface area contributed by atoms with Crippen LogP contribution >= 0.6 is 0 Å². The van der Waals surface area contributed by atoms with Crippen molar-refractivity contribution in [2.75, 3.05) is 0 Å². The van der Waals surface area contributed by atoms with Gasteiger partial charge in [0.25, 0.3) is 0 Å². The number of rotatable bonds is 3. The van der Waals surface area contributed by atoms with Crippen molar-refractivity contribution in [3.05, 3.63) is 29.8 Å². The lowest BCUT2D eigenvalue weighted by atomic mass is 9.76. The van der Waals surface area contributed by atoms with Crippen LogP contribution in [0, 0.1) is 5.41 Å². The number of para-hydroxylation sites is 1. The van der Waals surface area contributed by atoms with Crippen LogP contribution in [0.2, 0.25) is 0 Å². The van der Waals surface area contributed by atoms with Gasteiger partial charge in [0, 0.05) is 11.8 Å². The van der Waals surface area contributed by atoms with Crippen molar-refractivity contribution >= 4 is 5.78 Å². The first-order chi connectivity index (χ1) is 8.10. The summed E-state index contributed by atoms with van der Waals surface area (Å²) in [7, 11) is 0. The summed E-state index contributed by atoms with van der Waals surface area (Å²) < 4.78 is 6.03. The van der Waals surface area contributed by atoms with Crippen molar-refractivity contribution < 1.29 is 9.53 Å². The largest absolute Gasteiger partial charge is 0.489 e. The number of carbonyl (C=O) groups excluding carboxylic acids is 1. The minimum Gasteiger partial charge on any atom is -0.489 e. The maximum atomic E-state index is 12.1. The summed E-state index contributed by atoms with van der Waals surface area (Å²) in [6, 6.07) is 7.55. The number of ketones is 1. The highest BCUT2D eigenvalue weighted by Crippen LogP contribution is 2.39. The van der Waals surface area contributed by atoms with Crippen molar-refractivity contribution in [2.24, 2.45) is 5.41 Å². The van der Waals surface area contributed by atoms with Gasteiger partial charge in [0.2, 0.25) is 0 Å². The molecule has 0 aliphatic carbocycles. The van der Waals surface area contributed by atoms with E-state index in [0.29, 0.717) is 6.42 Å². The van der Waals surface area contributed by atoms with E-state index >= 15 is 0 Å². The molecule has 1 aliphatic heterocycles. The molecule has 0 radical (unpaired) electrons. The highest BCUT2D eigenvalue weighted by molar-refractivity contribution is 5.99. The molecule has 0 spiro atoms. The minimum absolute atomic E-state index is 0.0138. The highest BCUT2D eigenvalue weighted by atomic mass is 16.5. The molecule has 0 aromatic heterocycles. The first-order valence-electron chi connectivity index (χ1n) is 6.39. The summed E-state index contributed by atoms with van der Waals surface area (Å²) in [6.07, 6.45) is 2.59. The second-order valence-corrected chi connectivity index (χ2v) is 5.09. The predicted molar refractivity (Wildman–Crippen MR) is 68.5 cm³/mol. The molecule has 0 saturated heterocycles. The van der Waals surface area contributed by atoms with E-state index in [4.69, 9.17) is 4.74 Å². The summed E-state index contributed by atoms with van der Waals surface area (Å²) >= 11 is 0. The lowest BCUT2D eigenvalue weighted by Crippen LogP contribution is -2.40. The standard InChI is InChI=1S/C15H20O2/c1-4-15(3,5-2)14-10-12(16)11-8-6-7-9-13(11)17-14/h6-9,14H,4-5,10H2,1-3H3. The lowest BCUT2D eigenvalue weighted by molar-refractivity contribution is 0.0336. The first-order valence-corrected chi connectivity index (χ1v) is 6.39. The fourth-order valence-electron chi connectivity index (χ4n) is 2.37. The van der Waals surface area contributed by atoms with Gasteiger partial charge in [-0.1, -0.05) is 32.9 Å². The Morgan fingerprint density at radius 2 is 1.94 bits per heavy atom. The number of hydrogen-bond donors (Lipinski definition) is 0. The molecule has 1 unspecified atom stereocenters. The van der Waals surface area contributed by atoms with Crippen LogP contribution in [0.25, 0.3) is 0 Å². The van der Waals surface area contributed by atoms with Gasteiger partial charge < -0.3 is 4.74 Å². The SMILES string of the molecule is CCC(C)(CC)C1CC(=O)c2ccccc2O1. The number of ether oxygens (including phenoxy) is 1. The van der Waals surface area contributed by atoms with E-state index in [1.807, 2.05) is 24.3 Å². The zero-order chi connectivity index (χ0) is 12.5. The fourth-order valence-corrected chi connectivity index (χ4v) is 2.37. The number of benzene rings is 1. The zero-order valence-corrected chi connectivity index (χ0v) is 10.8. The average Bonchev–Trinajstić information content (AvgIpc) is 2.38. The van der Waals surface area contributed by atoms with Crippen LogP contribution in [0.5, 0.6) is 5.75 Å². The second kappa shape index (κ2) is 4.52. The van der Waals surface area contributed by atoms with Gasteiger partial charge in [-0.3, -0.25) is 4.79 Å². The number of fused-ring (bicyclic) bond motifs is 1. The third-order valence-corrected chi connectivity index (χ3v) is 4.22. The van der Waals surface area contributed by atoms with E-state index < -0.39 is 0 Å². The molecule has 0 saturated carbocycles. The monoisotopic (exact) mass is 232 g/mol. The topological polar surface area (TPSA) is 26.3 Å². The predicted octanol–water partition coefficient (Wildman–Crippen LogP) is 3.85. The Morgan fingerprint density at radius 3 is 2.59 bits per heavy atom. The lowest BCUT2D eigenvalue weighted by Gasteiger charge is -2.38. The maximum Gasteiger partial charge on any atom is 0.170 e. The molecule has 0 N–H and O–H groups in total. The summed E-state index contributed by atoms with van der Waals surface area (Å²) in [5.74, 6) is 0.965. The third-order valence-electron chi connectivity index (χ3n) is 4.22. The van der Waals surface area contributed by atoms with Gasteiger partial charge in [-0.2, -0.15) is 0 Å². The molecule has 2 heteroatoms. The minimum atomic E-state index is 0.0138. The van der Waals surface area contributed by atoms with Crippen LogP contribution in [0.3, 0.4) is 0 Å². The molecule has 2 rings (SSSR count). The molecule has 1 atom stereocenters. The van der Waals surface area contributed by atoms with Crippen molar-refractivity contribution in [1.82, 2.24) is 0 Å². The third kappa shape index (κ3) is 2.08. The Bertz CT molecular complexity index is 419. The van der Waals surface area contributed by atoms with E-state index in [2.05, 4.69) is 20.8 Å². The molecule has 1 aliphatic rings. The molecule has 0 bridgehead atoms. The van der Waals surface area contributed by atoms with Gasteiger partial charge >= 0.3 is 0 Å². The van der Waals surface area contributed by atoms with Gasteiger partial charge in [-0.15, -0.1) is 0 Å². The van der Waals surface area contributed by atoms with E-state index in [-0.39, 0.29) is 17.3 Å². The van der Waals surface area contributed by atoms with Gasteiger partial charge in [0.05, 0.1) is 5.56 Å². The molecule has 0 fully saturated rings. The molecule has 1 aromatic carbocycles. The molecule has 1 aromatic rings. The van der Waals surface area contributed by atoms with E-state index in [1.54, 1.807) is 0 Å². The van der Waals surface area contributed by atoms with E-state index in [9.17, 15) is 4.79 Å². The van der Waals surface area contributed by atoms with Crippen LogP contribution in [-0.2, 0) is 0 Å². The van der Waals surface area contributed by atoms with Crippen molar-refractivity contribution in [3.63, 3.8) is 0 Å². The van der Waals surface area contributed by atoms with Gasteiger partial charge in [-0.25, -0.2) is 0 Å². The van der Waals surface area contributed by atoms with Crippen LogP contribution in [0.4, 0.5) is 0 Å². The molecular weight excluding hydrogens is 212 g/mol. The quantitative estimate of drug-likeness (QED) is 0.791. The maximum absolute atomic E-state index is 12.1. The summed E-state index contributed by atoms with van der Waals surface area (Å²) in [4.78, 5) is 12.1. The molecule has 92 valence electrons. The van der Waals surface area contributed by atoms with Crippen LogP contribution in [-0.4, -0.2) is 11.9 Å². The molecule has 17 heavy (non-hydrogen) atoms. The molecule has 0 amide bonds. The Hall–Kier alpha value is -1.31. The summed E-state index contributed by atoms with van der Waals surface area (Å²) in [6.45, 7) is 6.54. The van der Waals surface area contributed by atoms with Crippen molar-refractivity contribution in [2.45, 2.75) is 46.1 Å². The zero-order valence-electron chi connectivity index (χ0n) is 10.8. The Morgan fingerprint density at radius 1 is 1.29 bits per heavy atom. The number of Topliss-reactive ketones (excluding diaryl/α,β-unsaturated/α-hetero) is 1. The smallest absolute Gasteiger partial charge is 0.170 e. The Labute approximate surface area is 103 Å². The molecule has 2 nitrogen and oxygen atoms in total. The van der Waals surface area contributed by atoms with E-state index in [1.165, 1.54) is 0 Å². The average molecular weight is 232 g/mol. The van der Waals surface area contributed by atoms with Gasteiger partial charge in [-0.05, 0) is 25.0 Å². The summed E-state index contributed by atoms with van der Waals surface area (Å²) in [5.41, 5.74) is 0.821. The van der Waals surface area contributed by atoms with Gasteiger partial charge in [0.15, 0.2) is 5.78 Å². The van der Waals surface area contributed by atoms with E-state index in [0.717, 1.165) is 24.2 Å². The highest BCUT2D eigenvalue weighted by Gasteiger charge is 2.38. The first kappa shape index (κ1) is 12.2. The van der Waals surface area contributed by atoms with Crippen LogP contribution in [0.1, 0.15) is 50.4 Å².